The smallest absolute Gasteiger partial charge is 0.319 e. The van der Waals surface area contributed by atoms with Gasteiger partial charge in [-0.1, -0.05) is 29.8 Å². The number of benzene rings is 1. The van der Waals surface area contributed by atoms with E-state index >= 15 is 0 Å². The number of rotatable bonds is 3. The summed E-state index contributed by atoms with van der Waals surface area (Å²) in [5.74, 6) is 0.132. The average Bonchev–Trinajstić information content (AvgIpc) is 2.81. The largest absolute Gasteiger partial charge is 0.396 e. The normalized spacial score (nSPS) is 21.4. The number of amides is 2. The van der Waals surface area contributed by atoms with Crippen molar-refractivity contribution in [3.05, 3.63) is 40.9 Å². The van der Waals surface area contributed by atoms with Crippen LogP contribution in [-0.2, 0) is 0 Å². The van der Waals surface area contributed by atoms with Crippen molar-refractivity contribution < 1.29 is 9.90 Å². The zero-order valence-electron chi connectivity index (χ0n) is 10.7. The quantitative estimate of drug-likeness (QED) is 0.746. The molecule has 2 amide bonds. The summed E-state index contributed by atoms with van der Waals surface area (Å²) in [7, 11) is 0. The van der Waals surface area contributed by atoms with Crippen molar-refractivity contribution in [3.63, 3.8) is 0 Å². The molecule has 4 nitrogen and oxygen atoms in total. The van der Waals surface area contributed by atoms with Gasteiger partial charge in [-0.2, -0.15) is 0 Å². The molecule has 1 aromatic rings. The molecule has 3 N–H and O–H groups in total. The minimum atomic E-state index is -0.291. The van der Waals surface area contributed by atoms with Crippen LogP contribution in [0.1, 0.15) is 12.0 Å². The second kappa shape index (κ2) is 6.08. The molecule has 1 aromatic carbocycles. The monoisotopic (exact) mass is 280 g/mol. The Morgan fingerprint density at radius 1 is 1.47 bits per heavy atom. The second-order valence-electron chi connectivity index (χ2n) is 4.75. The van der Waals surface area contributed by atoms with Crippen molar-refractivity contribution >= 4 is 23.3 Å². The maximum atomic E-state index is 11.8. The molecule has 102 valence electrons. The van der Waals surface area contributed by atoms with Crippen LogP contribution < -0.4 is 10.6 Å². The lowest BCUT2D eigenvalue weighted by atomic mass is 10.1. The molecule has 19 heavy (non-hydrogen) atoms. The minimum absolute atomic E-state index is 0.0410. The first-order valence-electron chi connectivity index (χ1n) is 6.21. The summed E-state index contributed by atoms with van der Waals surface area (Å²) in [5.41, 5.74) is 1.63. The van der Waals surface area contributed by atoms with Crippen LogP contribution in [0.25, 0.3) is 0 Å². The third kappa shape index (κ3) is 3.72. The first-order valence-corrected chi connectivity index (χ1v) is 6.59. The van der Waals surface area contributed by atoms with Gasteiger partial charge in [-0.05, 0) is 31.0 Å². The van der Waals surface area contributed by atoms with Gasteiger partial charge in [-0.15, -0.1) is 0 Å². The van der Waals surface area contributed by atoms with E-state index in [0.717, 1.165) is 12.0 Å². The van der Waals surface area contributed by atoms with E-state index in [2.05, 4.69) is 10.6 Å². The molecule has 0 aliphatic heterocycles. The van der Waals surface area contributed by atoms with Crippen LogP contribution in [0.4, 0.5) is 10.5 Å². The number of urea groups is 1. The average molecular weight is 281 g/mol. The number of halogens is 1. The van der Waals surface area contributed by atoms with E-state index in [9.17, 15) is 4.79 Å². The standard InChI is InChI=1S/C14H17ClN2O2/c1-9-2-5-12(15)13(6-9)17-14(19)16-11-4-3-10(7-11)8-18/h2-6,10-11,18H,7-8H2,1H3,(H2,16,17,19)/t10-,11+/m0/s1. The molecule has 0 fully saturated rings. The number of nitrogens with one attached hydrogen (secondary N) is 2. The number of carbonyl (C=O) groups excluding carboxylic acids is 1. The van der Waals surface area contributed by atoms with Gasteiger partial charge in [0.1, 0.15) is 0 Å². The number of hydrogen-bond acceptors (Lipinski definition) is 2. The maximum absolute atomic E-state index is 11.8. The van der Waals surface area contributed by atoms with Gasteiger partial charge in [0.25, 0.3) is 0 Å². The topological polar surface area (TPSA) is 61.4 Å². The molecule has 0 spiro atoms. The van der Waals surface area contributed by atoms with Crippen molar-refractivity contribution in [2.75, 3.05) is 11.9 Å². The Morgan fingerprint density at radius 3 is 2.95 bits per heavy atom. The zero-order valence-corrected chi connectivity index (χ0v) is 11.4. The molecular formula is C14H17ClN2O2. The van der Waals surface area contributed by atoms with Crippen molar-refractivity contribution in [2.45, 2.75) is 19.4 Å². The Hall–Kier alpha value is -1.52. The Labute approximate surface area is 117 Å². The van der Waals surface area contributed by atoms with Crippen molar-refractivity contribution in [1.29, 1.82) is 0 Å². The minimum Gasteiger partial charge on any atom is -0.396 e. The predicted octanol–water partition coefficient (Wildman–Crippen LogP) is 2.71. The highest BCUT2D eigenvalue weighted by molar-refractivity contribution is 6.33. The lowest BCUT2D eigenvalue weighted by molar-refractivity contribution is 0.238. The summed E-state index contributed by atoms with van der Waals surface area (Å²) in [4.78, 5) is 11.8. The Bertz CT molecular complexity index is 502. The summed E-state index contributed by atoms with van der Waals surface area (Å²) in [6.45, 7) is 2.05. The van der Waals surface area contributed by atoms with Crippen molar-refractivity contribution in [1.82, 2.24) is 5.32 Å². The van der Waals surface area contributed by atoms with E-state index in [0.29, 0.717) is 10.7 Å². The Balaban J connectivity index is 1.91. The molecule has 0 unspecified atom stereocenters. The summed E-state index contributed by atoms with van der Waals surface area (Å²) in [5, 5.41) is 15.1. The van der Waals surface area contributed by atoms with E-state index in [1.165, 1.54) is 0 Å². The van der Waals surface area contributed by atoms with Gasteiger partial charge in [-0.3, -0.25) is 0 Å². The lowest BCUT2D eigenvalue weighted by Gasteiger charge is -2.14. The molecule has 0 aromatic heterocycles. The van der Waals surface area contributed by atoms with Crippen molar-refractivity contribution in [3.8, 4) is 0 Å². The summed E-state index contributed by atoms with van der Waals surface area (Å²) < 4.78 is 0. The zero-order chi connectivity index (χ0) is 13.8. The number of aliphatic hydroxyl groups excluding tert-OH is 1. The summed E-state index contributed by atoms with van der Waals surface area (Å²) in [6.07, 6.45) is 4.55. The Kier molecular flexibility index (Phi) is 4.45. The third-order valence-corrected chi connectivity index (χ3v) is 3.42. The van der Waals surface area contributed by atoms with E-state index in [1.807, 2.05) is 31.2 Å². The van der Waals surface area contributed by atoms with Crippen LogP contribution in [0.5, 0.6) is 0 Å². The summed E-state index contributed by atoms with van der Waals surface area (Å²) >= 11 is 6.01. The van der Waals surface area contributed by atoms with Crippen LogP contribution in [0, 0.1) is 12.8 Å². The third-order valence-electron chi connectivity index (χ3n) is 3.09. The van der Waals surface area contributed by atoms with E-state index in [-0.39, 0.29) is 24.6 Å². The predicted molar refractivity (Wildman–Crippen MR) is 76.5 cm³/mol. The Morgan fingerprint density at radius 2 is 2.26 bits per heavy atom. The first-order chi connectivity index (χ1) is 9.08. The molecule has 0 heterocycles. The molecule has 1 aliphatic rings. The lowest BCUT2D eigenvalue weighted by Crippen LogP contribution is -2.36. The van der Waals surface area contributed by atoms with Gasteiger partial charge in [0.2, 0.25) is 0 Å². The van der Waals surface area contributed by atoms with Crippen molar-refractivity contribution in [2.24, 2.45) is 5.92 Å². The fourth-order valence-electron chi connectivity index (χ4n) is 2.08. The van der Waals surface area contributed by atoms with Gasteiger partial charge >= 0.3 is 6.03 Å². The molecule has 0 radical (unpaired) electrons. The van der Waals surface area contributed by atoms with Gasteiger partial charge in [0.05, 0.1) is 10.7 Å². The van der Waals surface area contributed by atoms with Crippen LogP contribution in [0.3, 0.4) is 0 Å². The van der Waals surface area contributed by atoms with Gasteiger partial charge in [-0.25, -0.2) is 4.79 Å². The highest BCUT2D eigenvalue weighted by atomic mass is 35.5. The molecule has 2 rings (SSSR count). The van der Waals surface area contributed by atoms with Gasteiger partial charge in [0, 0.05) is 18.6 Å². The molecule has 0 saturated heterocycles. The second-order valence-corrected chi connectivity index (χ2v) is 5.16. The maximum Gasteiger partial charge on any atom is 0.319 e. The molecule has 1 aliphatic carbocycles. The highest BCUT2D eigenvalue weighted by Gasteiger charge is 2.19. The SMILES string of the molecule is Cc1ccc(Cl)c(NC(=O)N[C@@H]2C=C[C@H](CO)C2)c1. The number of aliphatic hydroxyl groups is 1. The molecule has 0 bridgehead atoms. The fourth-order valence-corrected chi connectivity index (χ4v) is 2.24. The number of carbonyl (C=O) groups is 1. The first kappa shape index (κ1) is 13.9. The molecular weight excluding hydrogens is 264 g/mol. The van der Waals surface area contributed by atoms with Crippen LogP contribution in [0.2, 0.25) is 5.02 Å². The van der Waals surface area contributed by atoms with Crippen LogP contribution >= 0.6 is 11.6 Å². The van der Waals surface area contributed by atoms with E-state index in [1.54, 1.807) is 6.07 Å². The van der Waals surface area contributed by atoms with Crippen LogP contribution in [0.15, 0.2) is 30.4 Å². The molecule has 0 saturated carbocycles. The summed E-state index contributed by atoms with van der Waals surface area (Å²) in [6, 6.07) is 5.13. The number of anilines is 1. The van der Waals surface area contributed by atoms with Gasteiger partial charge in [0.15, 0.2) is 0 Å². The highest BCUT2D eigenvalue weighted by Crippen LogP contribution is 2.23. The number of hydrogen-bond donors (Lipinski definition) is 3. The molecule has 2 atom stereocenters. The van der Waals surface area contributed by atoms with E-state index < -0.39 is 0 Å². The van der Waals surface area contributed by atoms with Crippen LogP contribution in [-0.4, -0.2) is 23.8 Å². The fraction of sp³-hybridized carbons (Fsp3) is 0.357. The molecule has 5 heteroatoms. The number of aryl methyl sites for hydroxylation is 1. The van der Waals surface area contributed by atoms with Gasteiger partial charge < -0.3 is 15.7 Å². The van der Waals surface area contributed by atoms with E-state index in [4.69, 9.17) is 16.7 Å².